The summed E-state index contributed by atoms with van der Waals surface area (Å²) in [5, 5.41) is 0.0584. The van der Waals surface area contributed by atoms with E-state index < -0.39 is 0 Å². The van der Waals surface area contributed by atoms with Gasteiger partial charge in [0.2, 0.25) is 0 Å². The molecule has 0 rings (SSSR count). The highest BCUT2D eigenvalue weighted by Gasteiger charge is 2.17. The number of hydrogen-bond donors (Lipinski definition) is 0. The first-order valence-corrected chi connectivity index (χ1v) is 5.42. The smallest absolute Gasteiger partial charge is 0.309 e. The molecule has 0 radical (unpaired) electrons. The Kier molecular flexibility index (Phi) is 6.68. The van der Waals surface area contributed by atoms with Gasteiger partial charge >= 0.3 is 5.97 Å². The second-order valence-corrected chi connectivity index (χ2v) is 3.98. The van der Waals surface area contributed by atoms with Crippen LogP contribution in [0.15, 0.2) is 0 Å². The summed E-state index contributed by atoms with van der Waals surface area (Å²) in [6.07, 6.45) is 0.275. The van der Waals surface area contributed by atoms with E-state index in [1.54, 1.807) is 13.8 Å². The first kappa shape index (κ1) is 12.5. The molecule has 76 valence electrons. The van der Waals surface area contributed by atoms with E-state index in [2.05, 4.69) is 0 Å². The highest BCUT2D eigenvalue weighted by Crippen LogP contribution is 2.12. The number of esters is 1. The zero-order valence-corrected chi connectivity index (χ0v) is 9.15. The largest absolute Gasteiger partial charge is 0.466 e. The molecule has 0 N–H and O–H groups in total. The molecule has 0 aliphatic heterocycles. The number of rotatable bonds is 5. The van der Waals surface area contributed by atoms with Gasteiger partial charge in [-0.25, -0.2) is 0 Å². The lowest BCUT2D eigenvalue weighted by Crippen LogP contribution is -2.17. The summed E-state index contributed by atoms with van der Waals surface area (Å²) in [6, 6.07) is 0. The maximum Gasteiger partial charge on any atom is 0.309 e. The van der Waals surface area contributed by atoms with E-state index >= 15 is 0 Å². The molecule has 0 bridgehead atoms. The van der Waals surface area contributed by atoms with E-state index in [1.165, 1.54) is 11.8 Å². The molecular formula is C9H16O3S. The molecule has 0 spiro atoms. The van der Waals surface area contributed by atoms with Gasteiger partial charge in [-0.3, -0.25) is 9.59 Å². The zero-order chi connectivity index (χ0) is 10.3. The molecule has 0 aromatic heterocycles. The molecule has 4 heteroatoms. The Labute approximate surface area is 83.2 Å². The van der Waals surface area contributed by atoms with Crippen LogP contribution in [0.4, 0.5) is 0 Å². The molecule has 1 atom stereocenters. The Balaban J connectivity index is 3.78. The second kappa shape index (κ2) is 6.95. The summed E-state index contributed by atoms with van der Waals surface area (Å²) in [4.78, 5) is 22.2. The van der Waals surface area contributed by atoms with Gasteiger partial charge in [-0.05, 0) is 12.7 Å². The van der Waals surface area contributed by atoms with Crippen molar-refractivity contribution in [1.29, 1.82) is 0 Å². The van der Waals surface area contributed by atoms with Crippen molar-refractivity contribution in [2.24, 2.45) is 5.92 Å². The van der Waals surface area contributed by atoms with Gasteiger partial charge in [0, 0.05) is 6.42 Å². The van der Waals surface area contributed by atoms with Gasteiger partial charge in [0.05, 0.1) is 12.5 Å². The summed E-state index contributed by atoms with van der Waals surface area (Å²) >= 11 is 1.25. The molecule has 0 fully saturated rings. The van der Waals surface area contributed by atoms with Crippen molar-refractivity contribution in [2.45, 2.75) is 27.2 Å². The van der Waals surface area contributed by atoms with Crippen molar-refractivity contribution in [3.05, 3.63) is 0 Å². The van der Waals surface area contributed by atoms with Crippen molar-refractivity contribution in [1.82, 2.24) is 0 Å². The van der Waals surface area contributed by atoms with E-state index in [0.29, 0.717) is 6.61 Å². The van der Waals surface area contributed by atoms with Crippen molar-refractivity contribution in [3.63, 3.8) is 0 Å². The van der Waals surface area contributed by atoms with Crippen LogP contribution in [0.1, 0.15) is 27.2 Å². The first-order chi connectivity index (χ1) is 6.11. The number of thioether (sulfide) groups is 1. The second-order valence-electron chi connectivity index (χ2n) is 2.66. The van der Waals surface area contributed by atoms with E-state index in [9.17, 15) is 9.59 Å². The SMILES string of the molecule is CCOC(=O)C(C)CC(=O)SCC. The zero-order valence-electron chi connectivity index (χ0n) is 8.33. The Morgan fingerprint density at radius 1 is 1.38 bits per heavy atom. The Hall–Kier alpha value is -0.510. The third kappa shape index (κ3) is 5.69. The fraction of sp³-hybridized carbons (Fsp3) is 0.778. The maximum absolute atomic E-state index is 11.1. The molecule has 0 heterocycles. The standard InChI is InChI=1S/C9H16O3S/c1-4-12-9(11)7(3)6-8(10)13-5-2/h7H,4-6H2,1-3H3. The Morgan fingerprint density at radius 2 is 2.00 bits per heavy atom. The molecule has 1 unspecified atom stereocenters. The number of hydrogen-bond acceptors (Lipinski definition) is 4. The predicted octanol–water partition coefficient (Wildman–Crippen LogP) is 1.86. The lowest BCUT2D eigenvalue weighted by molar-refractivity contribution is -0.148. The van der Waals surface area contributed by atoms with Crippen LogP contribution in [0, 0.1) is 5.92 Å². The van der Waals surface area contributed by atoms with Crippen LogP contribution in [0.5, 0.6) is 0 Å². The molecule has 0 aromatic rings. The van der Waals surface area contributed by atoms with Crippen LogP contribution in [0.2, 0.25) is 0 Å². The minimum absolute atomic E-state index is 0.0584. The van der Waals surface area contributed by atoms with Gasteiger partial charge < -0.3 is 4.74 Å². The molecule has 0 saturated heterocycles. The maximum atomic E-state index is 11.1. The minimum atomic E-state index is -0.313. The predicted molar refractivity (Wildman–Crippen MR) is 53.6 cm³/mol. The normalized spacial score (nSPS) is 12.2. The van der Waals surface area contributed by atoms with Crippen LogP contribution >= 0.6 is 11.8 Å². The minimum Gasteiger partial charge on any atom is -0.466 e. The molecule has 13 heavy (non-hydrogen) atoms. The van der Waals surface area contributed by atoms with Gasteiger partial charge in [0.1, 0.15) is 0 Å². The summed E-state index contributed by atoms with van der Waals surface area (Å²) in [5.41, 5.74) is 0. The molecule has 0 aromatic carbocycles. The highest BCUT2D eigenvalue weighted by molar-refractivity contribution is 8.13. The fourth-order valence-electron chi connectivity index (χ4n) is 0.838. The van der Waals surface area contributed by atoms with Crippen molar-refractivity contribution in [2.75, 3.05) is 12.4 Å². The Morgan fingerprint density at radius 3 is 2.46 bits per heavy atom. The van der Waals surface area contributed by atoms with Gasteiger partial charge in [0.25, 0.3) is 0 Å². The molecular weight excluding hydrogens is 188 g/mol. The highest BCUT2D eigenvalue weighted by atomic mass is 32.2. The first-order valence-electron chi connectivity index (χ1n) is 4.44. The average molecular weight is 204 g/mol. The molecule has 0 saturated carbocycles. The monoisotopic (exact) mass is 204 g/mol. The van der Waals surface area contributed by atoms with E-state index in [4.69, 9.17) is 4.74 Å². The molecule has 0 aliphatic carbocycles. The summed E-state index contributed by atoms with van der Waals surface area (Å²) in [6.45, 7) is 5.76. The van der Waals surface area contributed by atoms with E-state index in [-0.39, 0.29) is 23.4 Å². The summed E-state index contributed by atoms with van der Waals surface area (Å²) in [7, 11) is 0. The number of carbonyl (C=O) groups excluding carboxylic acids is 2. The van der Waals surface area contributed by atoms with Crippen molar-refractivity contribution >= 4 is 22.8 Å². The summed E-state index contributed by atoms with van der Waals surface area (Å²) < 4.78 is 4.78. The lowest BCUT2D eigenvalue weighted by Gasteiger charge is -2.08. The van der Waals surface area contributed by atoms with Gasteiger partial charge in [-0.2, -0.15) is 0 Å². The van der Waals surface area contributed by atoms with E-state index in [0.717, 1.165) is 5.75 Å². The van der Waals surface area contributed by atoms with Gasteiger partial charge in [0.15, 0.2) is 5.12 Å². The Bertz CT molecular complexity index is 180. The van der Waals surface area contributed by atoms with E-state index in [1.807, 2.05) is 6.92 Å². The molecule has 0 amide bonds. The number of carbonyl (C=O) groups is 2. The lowest BCUT2D eigenvalue weighted by atomic mass is 10.1. The van der Waals surface area contributed by atoms with Crippen LogP contribution in [-0.4, -0.2) is 23.4 Å². The van der Waals surface area contributed by atoms with Crippen molar-refractivity contribution in [3.8, 4) is 0 Å². The topological polar surface area (TPSA) is 43.4 Å². The van der Waals surface area contributed by atoms with Crippen LogP contribution < -0.4 is 0 Å². The van der Waals surface area contributed by atoms with Crippen LogP contribution in [-0.2, 0) is 14.3 Å². The number of ether oxygens (including phenoxy) is 1. The molecule has 0 aliphatic rings. The average Bonchev–Trinajstić information content (AvgIpc) is 2.05. The third-order valence-corrected chi connectivity index (χ3v) is 2.24. The third-order valence-electron chi connectivity index (χ3n) is 1.47. The van der Waals surface area contributed by atoms with Crippen LogP contribution in [0.3, 0.4) is 0 Å². The quantitative estimate of drug-likeness (QED) is 0.641. The van der Waals surface area contributed by atoms with Gasteiger partial charge in [-0.15, -0.1) is 0 Å². The van der Waals surface area contributed by atoms with Crippen LogP contribution in [0.25, 0.3) is 0 Å². The van der Waals surface area contributed by atoms with Crippen molar-refractivity contribution < 1.29 is 14.3 Å². The molecule has 3 nitrogen and oxygen atoms in total. The fourth-order valence-corrected chi connectivity index (χ4v) is 1.53. The van der Waals surface area contributed by atoms with Gasteiger partial charge in [-0.1, -0.05) is 25.6 Å². The summed E-state index contributed by atoms with van der Waals surface area (Å²) in [5.74, 6) is 0.160.